The fourth-order valence-electron chi connectivity index (χ4n) is 3.55. The quantitative estimate of drug-likeness (QED) is 0.889. The molecular weight excluding hydrogens is 336 g/mol. The van der Waals surface area contributed by atoms with Gasteiger partial charge in [0.15, 0.2) is 0 Å². The zero-order chi connectivity index (χ0) is 17.4. The van der Waals surface area contributed by atoms with Gasteiger partial charge in [-0.1, -0.05) is 36.7 Å². The van der Waals surface area contributed by atoms with E-state index in [1.165, 1.54) is 0 Å². The number of nitrogens with zero attached hydrogens (tertiary/aromatic N) is 2. The van der Waals surface area contributed by atoms with Crippen molar-refractivity contribution in [3.05, 3.63) is 71.0 Å². The molecule has 3 unspecified atom stereocenters. The number of fused-ring (bicyclic) bond motifs is 1. The molecule has 0 radical (unpaired) electrons. The van der Waals surface area contributed by atoms with Gasteiger partial charge in [0.25, 0.3) is 5.91 Å². The lowest BCUT2D eigenvalue weighted by atomic mass is 9.91. The molecule has 1 saturated heterocycles. The first kappa shape index (κ1) is 16.1. The standard InChI is InChI=1S/C19H19ClN4O/c1-2-14-18(15-5-3-4-10-21-15)19-22-16(11-17(25)24(19)23-14)12-6-8-13(20)9-7-12/h3-11,14,18-19,22-23H,2H2,1H3. The molecule has 3 atom stereocenters. The Labute approximate surface area is 151 Å². The second-order valence-corrected chi connectivity index (χ2v) is 6.72. The van der Waals surface area contributed by atoms with Gasteiger partial charge in [-0.15, -0.1) is 0 Å². The van der Waals surface area contributed by atoms with E-state index in [2.05, 4.69) is 22.7 Å². The highest BCUT2D eigenvalue weighted by molar-refractivity contribution is 6.30. The van der Waals surface area contributed by atoms with Gasteiger partial charge >= 0.3 is 0 Å². The van der Waals surface area contributed by atoms with Crippen LogP contribution in [-0.4, -0.2) is 28.1 Å². The van der Waals surface area contributed by atoms with Gasteiger partial charge in [-0.2, -0.15) is 0 Å². The first-order valence-corrected chi connectivity index (χ1v) is 8.79. The molecule has 1 aromatic carbocycles. The number of hydrogen-bond donors (Lipinski definition) is 2. The van der Waals surface area contributed by atoms with Crippen LogP contribution in [0.1, 0.15) is 30.5 Å². The number of hydrazine groups is 1. The molecule has 6 heteroatoms. The summed E-state index contributed by atoms with van der Waals surface area (Å²) in [5.41, 5.74) is 6.07. The predicted octanol–water partition coefficient (Wildman–Crippen LogP) is 2.91. The highest BCUT2D eigenvalue weighted by atomic mass is 35.5. The molecular formula is C19H19ClN4O. The van der Waals surface area contributed by atoms with E-state index in [-0.39, 0.29) is 24.0 Å². The number of aromatic nitrogens is 1. The summed E-state index contributed by atoms with van der Waals surface area (Å²) in [5.74, 6) is 0.0248. The molecule has 2 aliphatic heterocycles. The highest BCUT2D eigenvalue weighted by Gasteiger charge is 2.46. The number of nitrogens with one attached hydrogen (secondary N) is 2. The third-order valence-corrected chi connectivity index (χ3v) is 5.04. The van der Waals surface area contributed by atoms with Crippen molar-refractivity contribution >= 4 is 23.2 Å². The Morgan fingerprint density at radius 3 is 2.68 bits per heavy atom. The zero-order valence-corrected chi connectivity index (χ0v) is 14.6. The van der Waals surface area contributed by atoms with Gasteiger partial charge in [-0.25, -0.2) is 5.43 Å². The normalized spacial score (nSPS) is 25.4. The minimum atomic E-state index is -0.178. The van der Waals surface area contributed by atoms with Crippen LogP contribution in [0.25, 0.3) is 5.70 Å². The third kappa shape index (κ3) is 2.90. The maximum absolute atomic E-state index is 12.7. The van der Waals surface area contributed by atoms with Crippen molar-refractivity contribution in [2.45, 2.75) is 31.5 Å². The molecule has 25 heavy (non-hydrogen) atoms. The number of carbonyl (C=O) groups is 1. The summed E-state index contributed by atoms with van der Waals surface area (Å²) in [6.45, 7) is 2.12. The number of pyridine rings is 1. The van der Waals surface area contributed by atoms with E-state index in [0.717, 1.165) is 23.4 Å². The minimum absolute atomic E-state index is 0.0504. The predicted molar refractivity (Wildman–Crippen MR) is 97.4 cm³/mol. The SMILES string of the molecule is CCC1NN2C(=O)C=C(c3ccc(Cl)cc3)NC2C1c1ccccn1. The fraction of sp³-hybridized carbons (Fsp3) is 0.263. The van der Waals surface area contributed by atoms with Crippen LogP contribution in [-0.2, 0) is 4.79 Å². The molecule has 2 aliphatic rings. The number of halogens is 1. The Morgan fingerprint density at radius 2 is 2.00 bits per heavy atom. The van der Waals surface area contributed by atoms with Crippen LogP contribution >= 0.6 is 11.6 Å². The Hall–Kier alpha value is -2.37. The molecule has 0 spiro atoms. The monoisotopic (exact) mass is 354 g/mol. The van der Waals surface area contributed by atoms with E-state index in [9.17, 15) is 4.79 Å². The van der Waals surface area contributed by atoms with Crippen LogP contribution in [0.3, 0.4) is 0 Å². The molecule has 0 saturated carbocycles. The summed E-state index contributed by atoms with van der Waals surface area (Å²) in [6, 6.07) is 13.5. The first-order chi connectivity index (χ1) is 12.2. The maximum Gasteiger partial charge on any atom is 0.264 e. The summed E-state index contributed by atoms with van der Waals surface area (Å²) < 4.78 is 0. The van der Waals surface area contributed by atoms with Crippen molar-refractivity contribution in [2.75, 3.05) is 0 Å². The second-order valence-electron chi connectivity index (χ2n) is 6.29. The Balaban J connectivity index is 1.69. The molecule has 128 valence electrons. The fourth-order valence-corrected chi connectivity index (χ4v) is 3.68. The van der Waals surface area contributed by atoms with E-state index in [0.29, 0.717) is 5.02 Å². The van der Waals surface area contributed by atoms with E-state index < -0.39 is 0 Å². The number of benzene rings is 1. The van der Waals surface area contributed by atoms with Crippen molar-refractivity contribution in [3.8, 4) is 0 Å². The van der Waals surface area contributed by atoms with Crippen LogP contribution in [0.2, 0.25) is 5.02 Å². The van der Waals surface area contributed by atoms with Gasteiger partial charge in [-0.05, 0) is 36.2 Å². The number of hydrogen-bond acceptors (Lipinski definition) is 4. The van der Waals surface area contributed by atoms with Crippen LogP contribution in [0.5, 0.6) is 0 Å². The van der Waals surface area contributed by atoms with Crippen molar-refractivity contribution < 1.29 is 4.79 Å². The largest absolute Gasteiger partial charge is 0.363 e. The van der Waals surface area contributed by atoms with Crippen molar-refractivity contribution in [1.82, 2.24) is 20.7 Å². The summed E-state index contributed by atoms with van der Waals surface area (Å²) in [5, 5.41) is 5.88. The Morgan fingerprint density at radius 1 is 1.20 bits per heavy atom. The molecule has 0 bridgehead atoms. The molecule has 2 aromatic rings. The average molecular weight is 355 g/mol. The number of carbonyl (C=O) groups excluding carboxylic acids is 1. The topological polar surface area (TPSA) is 57.3 Å². The van der Waals surface area contributed by atoms with Crippen LogP contribution in [0, 0.1) is 0 Å². The molecule has 5 nitrogen and oxygen atoms in total. The zero-order valence-electron chi connectivity index (χ0n) is 13.8. The number of amides is 1. The summed E-state index contributed by atoms with van der Waals surface area (Å²) in [6.07, 6.45) is 4.15. The van der Waals surface area contributed by atoms with E-state index in [1.807, 2.05) is 42.5 Å². The van der Waals surface area contributed by atoms with Crippen molar-refractivity contribution in [1.29, 1.82) is 0 Å². The molecule has 4 rings (SSSR count). The smallest absolute Gasteiger partial charge is 0.264 e. The van der Waals surface area contributed by atoms with E-state index in [1.54, 1.807) is 17.3 Å². The van der Waals surface area contributed by atoms with Gasteiger partial charge in [0.05, 0.1) is 5.92 Å². The number of rotatable bonds is 3. The van der Waals surface area contributed by atoms with E-state index in [4.69, 9.17) is 11.6 Å². The van der Waals surface area contributed by atoms with Gasteiger partial charge in [-0.3, -0.25) is 14.8 Å². The molecule has 2 N–H and O–H groups in total. The van der Waals surface area contributed by atoms with Crippen LogP contribution < -0.4 is 10.7 Å². The Bertz CT molecular complexity index is 806. The summed E-state index contributed by atoms with van der Waals surface area (Å²) in [7, 11) is 0. The van der Waals surface area contributed by atoms with Crippen molar-refractivity contribution in [2.24, 2.45) is 0 Å². The molecule has 1 fully saturated rings. The molecule has 3 heterocycles. The summed E-state index contributed by atoms with van der Waals surface area (Å²) >= 11 is 5.98. The van der Waals surface area contributed by atoms with Gasteiger partial charge in [0.2, 0.25) is 0 Å². The first-order valence-electron chi connectivity index (χ1n) is 8.42. The average Bonchev–Trinajstić information content (AvgIpc) is 3.02. The van der Waals surface area contributed by atoms with Gasteiger partial charge in [0.1, 0.15) is 6.17 Å². The lowest BCUT2D eigenvalue weighted by Crippen LogP contribution is -2.52. The van der Waals surface area contributed by atoms with Crippen molar-refractivity contribution in [3.63, 3.8) is 0 Å². The molecule has 1 aromatic heterocycles. The van der Waals surface area contributed by atoms with Crippen LogP contribution in [0.4, 0.5) is 0 Å². The molecule has 0 aliphatic carbocycles. The lowest BCUT2D eigenvalue weighted by Gasteiger charge is -2.33. The minimum Gasteiger partial charge on any atom is -0.363 e. The highest BCUT2D eigenvalue weighted by Crippen LogP contribution is 2.35. The Kier molecular flexibility index (Phi) is 4.19. The third-order valence-electron chi connectivity index (χ3n) is 4.79. The second kappa shape index (κ2) is 6.50. The molecule has 1 amide bonds. The van der Waals surface area contributed by atoms with Gasteiger partial charge in [0, 0.05) is 34.7 Å². The summed E-state index contributed by atoms with van der Waals surface area (Å²) in [4.78, 5) is 17.2. The lowest BCUT2D eigenvalue weighted by molar-refractivity contribution is -0.131. The van der Waals surface area contributed by atoms with E-state index >= 15 is 0 Å². The maximum atomic E-state index is 12.7. The van der Waals surface area contributed by atoms with Crippen LogP contribution in [0.15, 0.2) is 54.7 Å². The van der Waals surface area contributed by atoms with Gasteiger partial charge < -0.3 is 5.32 Å².